The van der Waals surface area contributed by atoms with Gasteiger partial charge >= 0.3 is 0 Å². The van der Waals surface area contributed by atoms with Crippen molar-refractivity contribution in [3.63, 3.8) is 0 Å². The van der Waals surface area contributed by atoms with Crippen molar-refractivity contribution in [2.75, 3.05) is 6.54 Å². The van der Waals surface area contributed by atoms with Gasteiger partial charge in [-0.2, -0.15) is 4.98 Å². The smallest absolute Gasteiger partial charge is 0.246 e. The Balaban J connectivity index is 1.66. The molecule has 0 radical (unpaired) electrons. The minimum Gasteiger partial charge on any atom is -0.345 e. The molecule has 2 aromatic heterocycles. The zero-order valence-electron chi connectivity index (χ0n) is 12.9. The monoisotopic (exact) mass is 288 g/mol. The fourth-order valence-electron chi connectivity index (χ4n) is 2.78. The van der Waals surface area contributed by atoms with E-state index in [1.54, 1.807) is 0 Å². The molecule has 1 N–H and O–H groups in total. The maximum absolute atomic E-state index is 5.30. The van der Waals surface area contributed by atoms with Gasteiger partial charge in [0.25, 0.3) is 0 Å². The van der Waals surface area contributed by atoms with Crippen LogP contribution in [0.15, 0.2) is 23.0 Å². The molecule has 1 atom stereocenters. The Kier molecular flexibility index (Phi) is 4.39. The van der Waals surface area contributed by atoms with Crippen LogP contribution in [0, 0.1) is 5.92 Å². The summed E-state index contributed by atoms with van der Waals surface area (Å²) >= 11 is 0. The van der Waals surface area contributed by atoms with E-state index in [2.05, 4.69) is 52.3 Å². The average molecular weight is 288 g/mol. The van der Waals surface area contributed by atoms with E-state index < -0.39 is 0 Å². The third-order valence-electron chi connectivity index (χ3n) is 3.95. The summed E-state index contributed by atoms with van der Waals surface area (Å²) in [4.78, 5) is 4.42. The van der Waals surface area contributed by atoms with Gasteiger partial charge in [0.15, 0.2) is 5.82 Å². The second-order valence-electron chi connectivity index (χ2n) is 5.84. The molecule has 1 aliphatic carbocycles. The third-order valence-corrected chi connectivity index (χ3v) is 3.95. The molecular weight excluding hydrogens is 264 g/mol. The minimum atomic E-state index is 0.495. The Bertz CT molecular complexity index is 570. The molecule has 5 nitrogen and oxygen atoms in total. The van der Waals surface area contributed by atoms with E-state index in [4.69, 9.17) is 4.52 Å². The zero-order chi connectivity index (χ0) is 14.7. The molecule has 2 aromatic rings. The van der Waals surface area contributed by atoms with Crippen molar-refractivity contribution in [3.8, 4) is 0 Å². The van der Waals surface area contributed by atoms with Crippen molar-refractivity contribution in [3.05, 3.63) is 35.7 Å². The van der Waals surface area contributed by atoms with Gasteiger partial charge in [0.1, 0.15) is 6.54 Å². The lowest BCUT2D eigenvalue weighted by atomic mass is 10.1. The van der Waals surface area contributed by atoms with Crippen molar-refractivity contribution in [2.24, 2.45) is 5.92 Å². The van der Waals surface area contributed by atoms with Crippen molar-refractivity contribution >= 4 is 0 Å². The second kappa shape index (κ2) is 6.43. The standard InChI is InChI=1S/C16H24N4O/c1-3-5-14-18-15(21-19-14)11-20-9-8-13(10-20)16(17-4-2)12-6-7-12/h8-10,12,16-17H,3-7,11H2,1-2H3. The largest absolute Gasteiger partial charge is 0.345 e. The highest BCUT2D eigenvalue weighted by atomic mass is 16.5. The van der Waals surface area contributed by atoms with Gasteiger partial charge in [0.2, 0.25) is 5.89 Å². The first kappa shape index (κ1) is 14.3. The number of rotatable bonds is 8. The van der Waals surface area contributed by atoms with Crippen molar-refractivity contribution in [2.45, 2.75) is 52.1 Å². The summed E-state index contributed by atoms with van der Waals surface area (Å²) in [6.45, 7) is 5.95. The normalized spacial score (nSPS) is 16.3. The molecule has 0 aliphatic heterocycles. The first-order valence-electron chi connectivity index (χ1n) is 8.00. The fourth-order valence-corrected chi connectivity index (χ4v) is 2.78. The molecule has 1 unspecified atom stereocenters. The summed E-state index contributed by atoms with van der Waals surface area (Å²) in [5.41, 5.74) is 1.37. The molecule has 1 saturated carbocycles. The molecular formula is C16H24N4O. The maximum atomic E-state index is 5.30. The van der Waals surface area contributed by atoms with Crippen LogP contribution in [-0.2, 0) is 13.0 Å². The van der Waals surface area contributed by atoms with Crippen molar-refractivity contribution < 1.29 is 4.52 Å². The van der Waals surface area contributed by atoms with Gasteiger partial charge in [0.05, 0.1) is 0 Å². The first-order valence-corrected chi connectivity index (χ1v) is 8.00. The molecule has 0 bridgehead atoms. The Morgan fingerprint density at radius 3 is 3.00 bits per heavy atom. The van der Waals surface area contributed by atoms with E-state index in [9.17, 15) is 0 Å². The second-order valence-corrected chi connectivity index (χ2v) is 5.84. The van der Waals surface area contributed by atoms with Crippen LogP contribution in [-0.4, -0.2) is 21.3 Å². The predicted octanol–water partition coefficient (Wildman–Crippen LogP) is 2.93. The molecule has 0 saturated heterocycles. The van der Waals surface area contributed by atoms with Crippen LogP contribution in [0.25, 0.3) is 0 Å². The van der Waals surface area contributed by atoms with Crippen LogP contribution < -0.4 is 5.32 Å². The molecule has 5 heteroatoms. The lowest BCUT2D eigenvalue weighted by molar-refractivity contribution is 0.366. The Hall–Kier alpha value is -1.62. The summed E-state index contributed by atoms with van der Waals surface area (Å²) in [5.74, 6) is 2.30. The van der Waals surface area contributed by atoms with E-state index >= 15 is 0 Å². The van der Waals surface area contributed by atoms with Gasteiger partial charge in [-0.05, 0) is 43.4 Å². The molecule has 114 valence electrons. The maximum Gasteiger partial charge on any atom is 0.246 e. The van der Waals surface area contributed by atoms with Crippen molar-refractivity contribution in [1.29, 1.82) is 0 Å². The molecule has 3 rings (SSSR count). The Morgan fingerprint density at radius 1 is 1.43 bits per heavy atom. The minimum absolute atomic E-state index is 0.495. The van der Waals surface area contributed by atoms with Crippen LogP contribution in [0.2, 0.25) is 0 Å². The van der Waals surface area contributed by atoms with Crippen LogP contribution in [0.3, 0.4) is 0 Å². The highest BCUT2D eigenvalue weighted by Gasteiger charge is 2.32. The molecule has 2 heterocycles. The predicted molar refractivity (Wildman–Crippen MR) is 81.0 cm³/mol. The fraction of sp³-hybridized carbons (Fsp3) is 0.625. The van der Waals surface area contributed by atoms with E-state index in [0.29, 0.717) is 18.5 Å². The van der Waals surface area contributed by atoms with Crippen LogP contribution in [0.1, 0.15) is 56.4 Å². The lowest BCUT2D eigenvalue weighted by Crippen LogP contribution is -2.22. The number of hydrogen-bond acceptors (Lipinski definition) is 4. The molecule has 1 aliphatic rings. The quantitative estimate of drug-likeness (QED) is 0.811. The summed E-state index contributed by atoms with van der Waals surface area (Å²) < 4.78 is 7.43. The van der Waals surface area contributed by atoms with Crippen LogP contribution in [0.4, 0.5) is 0 Å². The molecule has 0 spiro atoms. The van der Waals surface area contributed by atoms with Crippen molar-refractivity contribution in [1.82, 2.24) is 20.0 Å². The molecule has 1 fully saturated rings. The summed E-state index contributed by atoms with van der Waals surface area (Å²) in [5, 5.41) is 7.59. The number of aromatic nitrogens is 3. The first-order chi connectivity index (χ1) is 10.3. The highest BCUT2D eigenvalue weighted by molar-refractivity contribution is 5.18. The number of nitrogens with one attached hydrogen (secondary N) is 1. The van der Waals surface area contributed by atoms with Gasteiger partial charge < -0.3 is 14.4 Å². The molecule has 0 aromatic carbocycles. The molecule has 0 amide bonds. The van der Waals surface area contributed by atoms with Gasteiger partial charge in [-0.15, -0.1) is 0 Å². The van der Waals surface area contributed by atoms with Crippen LogP contribution >= 0.6 is 0 Å². The SMILES string of the molecule is CCCc1noc(Cn2ccc(C(NCC)C3CC3)c2)n1. The number of aryl methyl sites for hydroxylation is 1. The van der Waals surface area contributed by atoms with E-state index in [1.807, 2.05) is 0 Å². The summed E-state index contributed by atoms with van der Waals surface area (Å²) in [6, 6.07) is 2.70. The summed E-state index contributed by atoms with van der Waals surface area (Å²) in [7, 11) is 0. The molecule has 21 heavy (non-hydrogen) atoms. The van der Waals surface area contributed by atoms with Crippen LogP contribution in [0.5, 0.6) is 0 Å². The highest BCUT2D eigenvalue weighted by Crippen LogP contribution is 2.41. The van der Waals surface area contributed by atoms with Gasteiger partial charge in [-0.3, -0.25) is 0 Å². The lowest BCUT2D eigenvalue weighted by Gasteiger charge is -2.15. The van der Waals surface area contributed by atoms with E-state index in [-0.39, 0.29) is 0 Å². The van der Waals surface area contributed by atoms with Gasteiger partial charge in [-0.25, -0.2) is 0 Å². The topological polar surface area (TPSA) is 55.9 Å². The van der Waals surface area contributed by atoms with E-state index in [1.165, 1.54) is 18.4 Å². The Labute approximate surface area is 125 Å². The van der Waals surface area contributed by atoms with Gasteiger partial charge in [-0.1, -0.05) is 19.0 Å². The zero-order valence-corrected chi connectivity index (χ0v) is 12.9. The van der Waals surface area contributed by atoms with Gasteiger partial charge in [0, 0.05) is 24.9 Å². The van der Waals surface area contributed by atoms with E-state index in [0.717, 1.165) is 31.1 Å². The average Bonchev–Trinajstić information content (AvgIpc) is 3.06. The third kappa shape index (κ3) is 3.53. The number of hydrogen-bond donors (Lipinski definition) is 1. The Morgan fingerprint density at radius 2 is 2.29 bits per heavy atom. The summed E-state index contributed by atoms with van der Waals surface area (Å²) in [6.07, 6.45) is 8.91. The number of nitrogens with zero attached hydrogens (tertiary/aromatic N) is 3.